The molecular weight excluding hydrogens is 368 g/mol. The van der Waals surface area contributed by atoms with Crippen LogP contribution in [0, 0.1) is 0 Å². The van der Waals surface area contributed by atoms with Gasteiger partial charge in [-0.25, -0.2) is 14.6 Å². The molecule has 2 aromatic carbocycles. The smallest absolute Gasteiger partial charge is 0.358 e. The molecule has 3 aromatic rings. The van der Waals surface area contributed by atoms with Gasteiger partial charge in [-0.3, -0.25) is 0 Å². The number of carbonyl (C=O) groups is 2. The van der Waals surface area contributed by atoms with E-state index >= 15 is 0 Å². The van der Waals surface area contributed by atoms with Crippen LogP contribution in [-0.2, 0) is 17.7 Å². The second kappa shape index (κ2) is 9.19. The first kappa shape index (κ1) is 20.3. The summed E-state index contributed by atoms with van der Waals surface area (Å²) in [5, 5.41) is 9.39. The molecule has 0 radical (unpaired) electrons. The van der Waals surface area contributed by atoms with Gasteiger partial charge in [-0.2, -0.15) is 0 Å². The number of ether oxygens (including phenoxy) is 1. The summed E-state index contributed by atoms with van der Waals surface area (Å²) in [7, 11) is 0. The van der Waals surface area contributed by atoms with Crippen molar-refractivity contribution in [1.82, 2.24) is 9.55 Å². The average Bonchev–Trinajstić information content (AvgIpc) is 3.12. The topological polar surface area (TPSA) is 81.4 Å². The van der Waals surface area contributed by atoms with Crippen LogP contribution in [0.5, 0.6) is 0 Å². The summed E-state index contributed by atoms with van der Waals surface area (Å²) in [5.41, 5.74) is 3.16. The summed E-state index contributed by atoms with van der Waals surface area (Å²) in [5.74, 6) is -0.515. The number of carboxylic acids is 1. The van der Waals surface area contributed by atoms with Gasteiger partial charge in [-0.15, -0.1) is 0 Å². The Morgan fingerprint density at radius 1 is 1.07 bits per heavy atom. The number of carboxylic acid groups (broad SMARTS) is 1. The Morgan fingerprint density at radius 3 is 2.45 bits per heavy atom. The second-order valence-electron chi connectivity index (χ2n) is 6.69. The fourth-order valence-corrected chi connectivity index (χ4v) is 3.23. The van der Waals surface area contributed by atoms with Crippen LogP contribution in [0.25, 0.3) is 11.1 Å². The molecule has 0 atom stereocenters. The number of esters is 1. The third-order valence-corrected chi connectivity index (χ3v) is 4.59. The largest absolute Gasteiger partial charge is 0.478 e. The standard InChI is InChI=1S/C23H24N2O4/c1-3-7-21-24-20(23(28)29-4-2)15-25(21)14-16-10-12-17(13-11-16)18-8-5-6-9-19(18)22(26)27/h5-6,8-13,15H,3-4,7,14H2,1-2H3,(H,26,27). The van der Waals surface area contributed by atoms with Crippen molar-refractivity contribution in [1.29, 1.82) is 0 Å². The lowest BCUT2D eigenvalue weighted by atomic mass is 9.99. The molecule has 0 aliphatic heterocycles. The molecule has 0 bridgehead atoms. The summed E-state index contributed by atoms with van der Waals surface area (Å²) in [6.07, 6.45) is 3.42. The number of hydrogen-bond donors (Lipinski definition) is 1. The van der Waals surface area contributed by atoms with Gasteiger partial charge in [0.2, 0.25) is 0 Å². The predicted octanol–water partition coefficient (Wildman–Crippen LogP) is 4.43. The number of carbonyl (C=O) groups excluding carboxylic acids is 1. The van der Waals surface area contributed by atoms with Crippen LogP contribution in [0.2, 0.25) is 0 Å². The molecule has 0 fully saturated rings. The molecule has 0 saturated carbocycles. The first-order chi connectivity index (χ1) is 14.0. The van der Waals surface area contributed by atoms with Gasteiger partial charge in [0.05, 0.1) is 12.2 Å². The Bertz CT molecular complexity index is 1010. The zero-order chi connectivity index (χ0) is 20.8. The normalized spacial score (nSPS) is 10.7. The van der Waals surface area contributed by atoms with Crippen LogP contribution in [0.3, 0.4) is 0 Å². The number of rotatable bonds is 8. The van der Waals surface area contributed by atoms with E-state index < -0.39 is 11.9 Å². The Labute approximate surface area is 169 Å². The molecule has 0 saturated heterocycles. The minimum atomic E-state index is -0.946. The number of imidazole rings is 1. The van der Waals surface area contributed by atoms with Crippen LogP contribution in [-0.4, -0.2) is 33.2 Å². The van der Waals surface area contributed by atoms with Crippen molar-refractivity contribution < 1.29 is 19.4 Å². The summed E-state index contributed by atoms with van der Waals surface area (Å²) in [6, 6.07) is 14.7. The van der Waals surface area contributed by atoms with Crippen molar-refractivity contribution >= 4 is 11.9 Å². The van der Waals surface area contributed by atoms with Crippen LogP contribution in [0.1, 0.15) is 52.5 Å². The van der Waals surface area contributed by atoms with Gasteiger partial charge < -0.3 is 14.4 Å². The van der Waals surface area contributed by atoms with E-state index in [0.717, 1.165) is 29.8 Å². The van der Waals surface area contributed by atoms with Gasteiger partial charge >= 0.3 is 11.9 Å². The van der Waals surface area contributed by atoms with Gasteiger partial charge in [0, 0.05) is 19.2 Å². The van der Waals surface area contributed by atoms with Crippen molar-refractivity contribution in [2.45, 2.75) is 33.2 Å². The number of nitrogens with zero attached hydrogens (tertiary/aromatic N) is 2. The quantitative estimate of drug-likeness (QED) is 0.574. The molecule has 0 aliphatic carbocycles. The van der Waals surface area contributed by atoms with Crippen LogP contribution in [0.4, 0.5) is 0 Å². The zero-order valence-corrected chi connectivity index (χ0v) is 16.6. The molecule has 6 heteroatoms. The molecule has 6 nitrogen and oxygen atoms in total. The monoisotopic (exact) mass is 392 g/mol. The fraction of sp³-hybridized carbons (Fsp3) is 0.261. The maximum atomic E-state index is 12.0. The minimum absolute atomic E-state index is 0.277. The maximum absolute atomic E-state index is 12.0. The summed E-state index contributed by atoms with van der Waals surface area (Å²) >= 11 is 0. The van der Waals surface area contributed by atoms with Crippen molar-refractivity contribution in [2.75, 3.05) is 6.61 Å². The lowest BCUT2D eigenvalue weighted by molar-refractivity contribution is 0.0519. The van der Waals surface area contributed by atoms with E-state index in [-0.39, 0.29) is 5.56 Å². The summed E-state index contributed by atoms with van der Waals surface area (Å²) < 4.78 is 7.03. The molecule has 150 valence electrons. The van der Waals surface area contributed by atoms with E-state index in [2.05, 4.69) is 11.9 Å². The van der Waals surface area contributed by atoms with Crippen LogP contribution in [0.15, 0.2) is 54.7 Å². The van der Waals surface area contributed by atoms with Crippen molar-refractivity contribution in [3.63, 3.8) is 0 Å². The molecule has 0 unspecified atom stereocenters. The van der Waals surface area contributed by atoms with Crippen molar-refractivity contribution in [2.24, 2.45) is 0 Å². The van der Waals surface area contributed by atoms with Gasteiger partial charge in [0.25, 0.3) is 0 Å². The predicted molar refractivity (Wildman–Crippen MR) is 110 cm³/mol. The maximum Gasteiger partial charge on any atom is 0.358 e. The van der Waals surface area contributed by atoms with E-state index in [1.165, 1.54) is 0 Å². The number of aromatic nitrogens is 2. The number of benzene rings is 2. The molecule has 1 aromatic heterocycles. The fourth-order valence-electron chi connectivity index (χ4n) is 3.23. The van der Waals surface area contributed by atoms with E-state index in [0.29, 0.717) is 24.4 Å². The average molecular weight is 392 g/mol. The highest BCUT2D eigenvalue weighted by molar-refractivity contribution is 5.96. The van der Waals surface area contributed by atoms with Crippen LogP contribution >= 0.6 is 0 Å². The molecule has 1 heterocycles. The van der Waals surface area contributed by atoms with Crippen LogP contribution < -0.4 is 0 Å². The van der Waals surface area contributed by atoms with Crippen molar-refractivity contribution in [3.8, 4) is 11.1 Å². The highest BCUT2D eigenvalue weighted by Crippen LogP contribution is 2.24. The first-order valence-electron chi connectivity index (χ1n) is 9.68. The molecule has 0 spiro atoms. The first-order valence-corrected chi connectivity index (χ1v) is 9.68. The van der Waals surface area contributed by atoms with Gasteiger partial charge in [-0.1, -0.05) is 49.4 Å². The zero-order valence-electron chi connectivity index (χ0n) is 16.6. The minimum Gasteiger partial charge on any atom is -0.478 e. The summed E-state index contributed by atoms with van der Waals surface area (Å²) in [4.78, 5) is 27.9. The highest BCUT2D eigenvalue weighted by atomic mass is 16.5. The number of aryl methyl sites for hydroxylation is 1. The highest BCUT2D eigenvalue weighted by Gasteiger charge is 2.15. The number of aromatic carboxylic acids is 1. The van der Waals surface area contributed by atoms with Gasteiger partial charge in [0.1, 0.15) is 5.82 Å². The number of hydrogen-bond acceptors (Lipinski definition) is 4. The Balaban J connectivity index is 1.85. The summed E-state index contributed by atoms with van der Waals surface area (Å²) in [6.45, 7) is 4.72. The SMILES string of the molecule is CCCc1nc(C(=O)OCC)cn1Cc1ccc(-c2ccccc2C(=O)O)cc1. The van der Waals surface area contributed by atoms with E-state index in [1.807, 2.05) is 34.9 Å². The van der Waals surface area contributed by atoms with Gasteiger partial charge in [0.15, 0.2) is 5.69 Å². The van der Waals surface area contributed by atoms with Gasteiger partial charge in [-0.05, 0) is 36.1 Å². The Kier molecular flexibility index (Phi) is 6.44. The molecule has 29 heavy (non-hydrogen) atoms. The lowest BCUT2D eigenvalue weighted by Crippen LogP contribution is -2.05. The lowest BCUT2D eigenvalue weighted by Gasteiger charge is -2.10. The van der Waals surface area contributed by atoms with E-state index in [4.69, 9.17) is 4.74 Å². The Morgan fingerprint density at radius 2 is 1.79 bits per heavy atom. The van der Waals surface area contributed by atoms with E-state index in [9.17, 15) is 14.7 Å². The second-order valence-corrected chi connectivity index (χ2v) is 6.69. The van der Waals surface area contributed by atoms with Crippen molar-refractivity contribution in [3.05, 3.63) is 77.4 Å². The third kappa shape index (κ3) is 4.71. The molecular formula is C23H24N2O4. The molecule has 0 amide bonds. The Hall–Kier alpha value is -3.41. The molecule has 3 rings (SSSR count). The third-order valence-electron chi connectivity index (χ3n) is 4.59. The van der Waals surface area contributed by atoms with E-state index in [1.54, 1.807) is 31.3 Å². The molecule has 1 N–H and O–H groups in total. The molecule has 0 aliphatic rings.